The minimum Gasteiger partial charge on any atom is -0.497 e. The number of nitrogens with one attached hydrogen (secondary N) is 1. The lowest BCUT2D eigenvalue weighted by molar-refractivity contribution is -0.116. The van der Waals surface area contributed by atoms with Crippen LogP contribution in [0, 0.1) is 11.6 Å². The number of benzene rings is 2. The van der Waals surface area contributed by atoms with E-state index in [0.717, 1.165) is 12.1 Å². The predicted molar refractivity (Wildman–Crippen MR) is 86.2 cm³/mol. The molecule has 0 bridgehead atoms. The fraction of sp³-hybridized carbons (Fsp3) is 0.222. The van der Waals surface area contributed by atoms with E-state index in [1.54, 1.807) is 24.3 Å². The maximum Gasteiger partial charge on any atom is 0.224 e. The van der Waals surface area contributed by atoms with Crippen molar-refractivity contribution >= 4 is 17.4 Å². The van der Waals surface area contributed by atoms with Crippen LogP contribution < -0.4 is 10.1 Å². The topological polar surface area (TPSA) is 55.4 Å². The summed E-state index contributed by atoms with van der Waals surface area (Å²) in [7, 11) is 1.54. The Morgan fingerprint density at radius 1 is 1.00 bits per heavy atom. The first-order chi connectivity index (χ1) is 11.5. The summed E-state index contributed by atoms with van der Waals surface area (Å²) in [6.45, 7) is 0. The van der Waals surface area contributed by atoms with Gasteiger partial charge in [0.25, 0.3) is 0 Å². The van der Waals surface area contributed by atoms with E-state index in [1.807, 2.05) is 0 Å². The third-order valence-electron chi connectivity index (χ3n) is 3.45. The molecule has 0 radical (unpaired) electrons. The summed E-state index contributed by atoms with van der Waals surface area (Å²) >= 11 is 0. The number of carbonyl (C=O) groups is 2. The van der Waals surface area contributed by atoms with Crippen molar-refractivity contribution < 1.29 is 23.1 Å². The normalized spacial score (nSPS) is 10.3. The van der Waals surface area contributed by atoms with E-state index in [-0.39, 0.29) is 25.0 Å². The Labute approximate surface area is 138 Å². The quantitative estimate of drug-likeness (QED) is 0.780. The van der Waals surface area contributed by atoms with Crippen LogP contribution in [-0.4, -0.2) is 18.8 Å². The van der Waals surface area contributed by atoms with E-state index in [0.29, 0.717) is 11.3 Å². The predicted octanol–water partition coefficient (Wildman–Crippen LogP) is 3.97. The molecular formula is C18H17F2NO3. The zero-order valence-corrected chi connectivity index (χ0v) is 13.1. The second kappa shape index (κ2) is 8.19. The van der Waals surface area contributed by atoms with Gasteiger partial charge in [-0.1, -0.05) is 6.07 Å². The fourth-order valence-corrected chi connectivity index (χ4v) is 2.15. The number of ether oxygens (including phenoxy) is 1. The zero-order chi connectivity index (χ0) is 17.5. The fourth-order valence-electron chi connectivity index (χ4n) is 2.15. The van der Waals surface area contributed by atoms with Crippen molar-refractivity contribution in [2.24, 2.45) is 0 Å². The summed E-state index contributed by atoms with van der Waals surface area (Å²) in [5, 5.41) is 2.19. The molecule has 0 saturated heterocycles. The van der Waals surface area contributed by atoms with Crippen LogP contribution >= 0.6 is 0 Å². The maximum absolute atomic E-state index is 13.4. The number of methoxy groups -OCH3 is 1. The summed E-state index contributed by atoms with van der Waals surface area (Å²) in [6, 6.07) is 10.00. The van der Waals surface area contributed by atoms with Crippen molar-refractivity contribution in [3.63, 3.8) is 0 Å². The molecular weight excluding hydrogens is 316 g/mol. The van der Waals surface area contributed by atoms with Crippen molar-refractivity contribution in [3.05, 3.63) is 59.7 Å². The lowest BCUT2D eigenvalue weighted by Gasteiger charge is -2.07. The number of hydrogen-bond donors (Lipinski definition) is 1. The highest BCUT2D eigenvalue weighted by atomic mass is 19.1. The van der Waals surface area contributed by atoms with Gasteiger partial charge in [0.1, 0.15) is 23.1 Å². The molecule has 1 amide bonds. The van der Waals surface area contributed by atoms with Crippen LogP contribution in [0.2, 0.25) is 0 Å². The van der Waals surface area contributed by atoms with Crippen molar-refractivity contribution in [1.29, 1.82) is 0 Å². The number of ketones is 1. The molecule has 6 heteroatoms. The first-order valence-electron chi connectivity index (χ1n) is 7.42. The summed E-state index contributed by atoms with van der Waals surface area (Å²) < 4.78 is 31.9. The molecule has 4 nitrogen and oxygen atoms in total. The van der Waals surface area contributed by atoms with Gasteiger partial charge in [0.2, 0.25) is 5.91 Å². The first-order valence-corrected chi connectivity index (χ1v) is 7.42. The van der Waals surface area contributed by atoms with Gasteiger partial charge >= 0.3 is 0 Å². The van der Waals surface area contributed by atoms with Crippen LogP contribution in [-0.2, 0) is 4.79 Å². The number of amides is 1. The number of halogens is 2. The first kappa shape index (κ1) is 17.6. The second-order valence-electron chi connectivity index (χ2n) is 5.15. The number of hydrogen-bond acceptors (Lipinski definition) is 3. The Bertz CT molecular complexity index is 709. The molecule has 2 rings (SSSR count). The van der Waals surface area contributed by atoms with E-state index in [9.17, 15) is 18.4 Å². The van der Waals surface area contributed by atoms with Gasteiger partial charge in [0.05, 0.1) is 7.11 Å². The molecule has 0 spiro atoms. The van der Waals surface area contributed by atoms with Gasteiger partial charge in [-0.05, 0) is 42.8 Å². The van der Waals surface area contributed by atoms with Crippen LogP contribution in [0.5, 0.6) is 5.75 Å². The summed E-state index contributed by atoms with van der Waals surface area (Å²) in [6.07, 6.45) is 0.446. The maximum atomic E-state index is 13.4. The van der Waals surface area contributed by atoms with Crippen LogP contribution in [0.1, 0.15) is 29.6 Å². The highest BCUT2D eigenvalue weighted by Gasteiger charge is 2.13. The van der Waals surface area contributed by atoms with Crippen molar-refractivity contribution in [1.82, 2.24) is 0 Å². The molecule has 0 aliphatic carbocycles. The van der Waals surface area contributed by atoms with Gasteiger partial charge in [0.15, 0.2) is 5.78 Å². The largest absolute Gasteiger partial charge is 0.497 e. The SMILES string of the molecule is COc1ccc(C(=O)CCCC(=O)Nc2c(F)cccc2F)cc1. The van der Waals surface area contributed by atoms with Crippen LogP contribution in [0.25, 0.3) is 0 Å². The van der Waals surface area contributed by atoms with E-state index in [4.69, 9.17) is 4.74 Å². The molecule has 0 heterocycles. The summed E-state index contributed by atoms with van der Waals surface area (Å²) in [5.74, 6) is -1.67. The third kappa shape index (κ3) is 4.62. The Balaban J connectivity index is 1.82. The van der Waals surface area contributed by atoms with Crippen molar-refractivity contribution in [3.8, 4) is 5.75 Å². The van der Waals surface area contributed by atoms with Gasteiger partial charge in [-0.15, -0.1) is 0 Å². The monoisotopic (exact) mass is 333 g/mol. The lowest BCUT2D eigenvalue weighted by Crippen LogP contribution is -2.14. The lowest BCUT2D eigenvalue weighted by atomic mass is 10.1. The number of anilines is 1. The van der Waals surface area contributed by atoms with E-state index < -0.39 is 23.2 Å². The Morgan fingerprint density at radius 3 is 2.21 bits per heavy atom. The van der Waals surface area contributed by atoms with Gasteiger partial charge < -0.3 is 10.1 Å². The molecule has 0 saturated carbocycles. The molecule has 2 aromatic rings. The second-order valence-corrected chi connectivity index (χ2v) is 5.15. The van der Waals surface area contributed by atoms with Crippen LogP contribution in [0.15, 0.2) is 42.5 Å². The molecule has 0 atom stereocenters. The van der Waals surface area contributed by atoms with Gasteiger partial charge in [-0.3, -0.25) is 9.59 Å². The molecule has 126 valence electrons. The van der Waals surface area contributed by atoms with E-state index in [1.165, 1.54) is 13.2 Å². The highest BCUT2D eigenvalue weighted by molar-refractivity contribution is 5.97. The molecule has 2 aromatic carbocycles. The Morgan fingerprint density at radius 2 is 1.62 bits per heavy atom. The number of carbonyl (C=O) groups excluding carboxylic acids is 2. The van der Waals surface area contributed by atoms with Crippen molar-refractivity contribution in [2.75, 3.05) is 12.4 Å². The number of Topliss-reactive ketones (excluding diaryl/α,β-unsaturated/α-hetero) is 1. The average Bonchev–Trinajstić information content (AvgIpc) is 2.58. The molecule has 0 fully saturated rings. The summed E-state index contributed by atoms with van der Waals surface area (Å²) in [5.41, 5.74) is 0.0559. The molecule has 0 aromatic heterocycles. The van der Waals surface area contributed by atoms with E-state index in [2.05, 4.69) is 5.32 Å². The van der Waals surface area contributed by atoms with Crippen molar-refractivity contribution in [2.45, 2.75) is 19.3 Å². The van der Waals surface area contributed by atoms with Gasteiger partial charge in [0, 0.05) is 18.4 Å². The van der Waals surface area contributed by atoms with Gasteiger partial charge in [-0.25, -0.2) is 8.78 Å². The Kier molecular flexibility index (Phi) is 6.01. The third-order valence-corrected chi connectivity index (χ3v) is 3.45. The molecule has 0 aliphatic rings. The highest BCUT2D eigenvalue weighted by Crippen LogP contribution is 2.19. The average molecular weight is 333 g/mol. The Hall–Kier alpha value is -2.76. The standard InChI is InChI=1S/C18H17F2NO3/c1-24-13-10-8-12(9-11-13)16(22)6-3-7-17(23)21-18-14(19)4-2-5-15(18)20/h2,4-5,8-11H,3,6-7H2,1H3,(H,21,23). The van der Waals surface area contributed by atoms with Crippen LogP contribution in [0.3, 0.4) is 0 Å². The van der Waals surface area contributed by atoms with Crippen LogP contribution in [0.4, 0.5) is 14.5 Å². The number of rotatable bonds is 7. The minimum atomic E-state index is -0.836. The molecule has 1 N–H and O–H groups in total. The summed E-state index contributed by atoms with van der Waals surface area (Å²) in [4.78, 5) is 23.7. The smallest absolute Gasteiger partial charge is 0.224 e. The zero-order valence-electron chi connectivity index (χ0n) is 13.1. The van der Waals surface area contributed by atoms with Gasteiger partial charge in [-0.2, -0.15) is 0 Å². The minimum absolute atomic E-state index is 0.00430. The molecule has 24 heavy (non-hydrogen) atoms. The molecule has 0 unspecified atom stereocenters. The van der Waals surface area contributed by atoms with E-state index >= 15 is 0 Å². The molecule has 0 aliphatic heterocycles. The number of para-hydroxylation sites is 1.